The average Bonchev–Trinajstić information content (AvgIpc) is 2.16. The lowest BCUT2D eigenvalue weighted by Crippen LogP contribution is -2.44. The summed E-state index contributed by atoms with van der Waals surface area (Å²) < 4.78 is 0. The molecule has 1 aromatic carbocycles. The van der Waals surface area contributed by atoms with Crippen LogP contribution in [0.4, 0.5) is 0 Å². The summed E-state index contributed by atoms with van der Waals surface area (Å²) in [6, 6.07) is 7.07. The van der Waals surface area contributed by atoms with Gasteiger partial charge < -0.3 is 20.3 Å². The molecule has 0 saturated carbocycles. The summed E-state index contributed by atoms with van der Waals surface area (Å²) in [5.41, 5.74) is -0.366. The Labute approximate surface area is 109 Å². The molecule has 1 rings (SSSR count). The molecular weight excluding hydrogens is 231 g/mol. The molecule has 0 saturated heterocycles. The Kier molecular flexibility index (Phi) is 6.03. The van der Waals surface area contributed by atoms with E-state index in [0.717, 1.165) is 5.56 Å². The van der Waals surface area contributed by atoms with E-state index < -0.39 is 18.3 Å². The zero-order chi connectivity index (χ0) is 14.6. The number of aliphatic hydroxyl groups is 2. The fourth-order valence-corrected chi connectivity index (χ4v) is 0.739. The number of hydrogen-bond donors (Lipinski definition) is 4. The smallest absolute Gasteiger partial charge is 0.423 e. The minimum atomic E-state index is -1.35. The Bertz CT molecular complexity index is 335. The second-order valence-corrected chi connectivity index (χ2v) is 5.40. The SMILES string of the molecule is CC(C)(O)C(C)(C)O.Cc1ccc(B(O)O)cc1. The van der Waals surface area contributed by atoms with Gasteiger partial charge in [-0.3, -0.25) is 0 Å². The second-order valence-electron chi connectivity index (χ2n) is 5.40. The van der Waals surface area contributed by atoms with Crippen LogP contribution in [0.1, 0.15) is 33.3 Å². The molecule has 4 nitrogen and oxygen atoms in total. The Morgan fingerprint density at radius 3 is 1.39 bits per heavy atom. The summed E-state index contributed by atoms with van der Waals surface area (Å²) in [7, 11) is -1.35. The van der Waals surface area contributed by atoms with Gasteiger partial charge in [-0.15, -0.1) is 0 Å². The highest BCUT2D eigenvalue weighted by Crippen LogP contribution is 2.19. The number of aryl methyl sites for hydroxylation is 1. The fourth-order valence-electron chi connectivity index (χ4n) is 0.739. The molecule has 0 unspecified atom stereocenters. The molecule has 0 aliphatic heterocycles. The van der Waals surface area contributed by atoms with Gasteiger partial charge in [0.05, 0.1) is 11.2 Å². The molecule has 0 fully saturated rings. The molecule has 0 atom stereocenters. The minimum Gasteiger partial charge on any atom is -0.423 e. The predicted molar refractivity (Wildman–Crippen MR) is 73.6 cm³/mol. The van der Waals surface area contributed by atoms with E-state index in [1.165, 1.54) is 0 Å². The first kappa shape index (κ1) is 17.1. The topological polar surface area (TPSA) is 80.9 Å². The molecule has 0 spiro atoms. The van der Waals surface area contributed by atoms with Gasteiger partial charge in [-0.2, -0.15) is 0 Å². The maximum Gasteiger partial charge on any atom is 0.488 e. The van der Waals surface area contributed by atoms with Crippen molar-refractivity contribution >= 4 is 12.6 Å². The van der Waals surface area contributed by atoms with Crippen molar-refractivity contribution < 1.29 is 20.3 Å². The fraction of sp³-hybridized carbons (Fsp3) is 0.538. The molecule has 0 heterocycles. The van der Waals surface area contributed by atoms with E-state index in [4.69, 9.17) is 20.3 Å². The highest BCUT2D eigenvalue weighted by Gasteiger charge is 2.31. The number of benzene rings is 1. The molecule has 0 aromatic heterocycles. The third kappa shape index (κ3) is 6.16. The maximum absolute atomic E-state index is 9.10. The number of hydrogen-bond acceptors (Lipinski definition) is 4. The number of rotatable bonds is 2. The van der Waals surface area contributed by atoms with Crippen LogP contribution in [0.15, 0.2) is 24.3 Å². The van der Waals surface area contributed by atoms with Gasteiger partial charge in [-0.25, -0.2) is 0 Å². The van der Waals surface area contributed by atoms with E-state index in [2.05, 4.69) is 0 Å². The average molecular weight is 254 g/mol. The first-order valence-electron chi connectivity index (χ1n) is 5.82. The van der Waals surface area contributed by atoms with Crippen LogP contribution in [-0.4, -0.2) is 38.6 Å². The van der Waals surface area contributed by atoms with Crippen molar-refractivity contribution in [2.24, 2.45) is 0 Å². The summed E-state index contributed by atoms with van der Waals surface area (Å²) in [5, 5.41) is 35.5. The molecule has 0 aliphatic rings. The van der Waals surface area contributed by atoms with Gasteiger partial charge in [0, 0.05) is 0 Å². The maximum atomic E-state index is 9.10. The van der Waals surface area contributed by atoms with Crippen molar-refractivity contribution in [3.05, 3.63) is 29.8 Å². The summed E-state index contributed by atoms with van der Waals surface area (Å²) in [4.78, 5) is 0. The molecule has 0 bridgehead atoms. The third-order valence-corrected chi connectivity index (χ3v) is 2.87. The van der Waals surface area contributed by atoms with Gasteiger partial charge in [0.1, 0.15) is 0 Å². The van der Waals surface area contributed by atoms with Gasteiger partial charge >= 0.3 is 7.12 Å². The van der Waals surface area contributed by atoms with Crippen molar-refractivity contribution in [3.8, 4) is 0 Å². The van der Waals surface area contributed by atoms with E-state index in [0.29, 0.717) is 5.46 Å². The van der Waals surface area contributed by atoms with Crippen molar-refractivity contribution in [2.45, 2.75) is 45.8 Å². The summed E-state index contributed by atoms with van der Waals surface area (Å²) in [6.45, 7) is 8.26. The van der Waals surface area contributed by atoms with E-state index in [1.807, 2.05) is 19.1 Å². The zero-order valence-electron chi connectivity index (χ0n) is 11.7. The third-order valence-electron chi connectivity index (χ3n) is 2.87. The Morgan fingerprint density at radius 2 is 1.17 bits per heavy atom. The van der Waals surface area contributed by atoms with Gasteiger partial charge in [-0.05, 0) is 40.1 Å². The van der Waals surface area contributed by atoms with Crippen molar-refractivity contribution in [1.29, 1.82) is 0 Å². The van der Waals surface area contributed by atoms with E-state index in [-0.39, 0.29) is 0 Å². The van der Waals surface area contributed by atoms with Crippen LogP contribution in [0, 0.1) is 6.92 Å². The first-order valence-corrected chi connectivity index (χ1v) is 5.82. The van der Waals surface area contributed by atoms with Crippen LogP contribution in [-0.2, 0) is 0 Å². The van der Waals surface area contributed by atoms with Crippen LogP contribution >= 0.6 is 0 Å². The van der Waals surface area contributed by atoms with Crippen molar-refractivity contribution in [3.63, 3.8) is 0 Å². The summed E-state index contributed by atoms with van der Waals surface area (Å²) in [5.74, 6) is 0. The standard InChI is InChI=1S/C7H9BO2.C6H14O2/c1-6-2-4-7(5-3-6)8(9)10;1-5(2,7)6(3,4)8/h2-5,9-10H,1H3;7-8H,1-4H3. The van der Waals surface area contributed by atoms with Crippen molar-refractivity contribution in [2.75, 3.05) is 0 Å². The molecule has 0 radical (unpaired) electrons. The van der Waals surface area contributed by atoms with E-state index >= 15 is 0 Å². The largest absolute Gasteiger partial charge is 0.488 e. The molecule has 4 N–H and O–H groups in total. The lowest BCUT2D eigenvalue weighted by atomic mass is 9.80. The van der Waals surface area contributed by atoms with Crippen LogP contribution in [0.2, 0.25) is 0 Å². The predicted octanol–water partition coefficient (Wildman–Crippen LogP) is 0.203. The quantitative estimate of drug-likeness (QED) is 0.568. The Morgan fingerprint density at radius 1 is 0.833 bits per heavy atom. The van der Waals surface area contributed by atoms with Gasteiger partial charge in [0.2, 0.25) is 0 Å². The molecular formula is C13H23BO4. The highest BCUT2D eigenvalue weighted by molar-refractivity contribution is 6.58. The van der Waals surface area contributed by atoms with E-state index in [1.54, 1.807) is 39.8 Å². The zero-order valence-corrected chi connectivity index (χ0v) is 11.7. The monoisotopic (exact) mass is 254 g/mol. The summed E-state index contributed by atoms with van der Waals surface area (Å²) >= 11 is 0. The second kappa shape index (κ2) is 6.34. The highest BCUT2D eigenvalue weighted by atomic mass is 16.4. The van der Waals surface area contributed by atoms with Crippen LogP contribution in [0.3, 0.4) is 0 Å². The van der Waals surface area contributed by atoms with Gasteiger partial charge in [-0.1, -0.05) is 29.8 Å². The molecule has 5 heteroatoms. The van der Waals surface area contributed by atoms with Crippen LogP contribution in [0.5, 0.6) is 0 Å². The minimum absolute atomic E-state index is 0.533. The molecule has 18 heavy (non-hydrogen) atoms. The van der Waals surface area contributed by atoms with Crippen molar-refractivity contribution in [1.82, 2.24) is 0 Å². The first-order chi connectivity index (χ1) is 7.95. The lowest BCUT2D eigenvalue weighted by molar-refractivity contribution is -0.107. The Balaban J connectivity index is 0.000000331. The van der Waals surface area contributed by atoms with Crippen LogP contribution in [0.25, 0.3) is 0 Å². The molecule has 1 aromatic rings. The summed E-state index contributed by atoms with van der Waals surface area (Å²) in [6.07, 6.45) is 0. The Hall–Kier alpha value is -0.875. The van der Waals surface area contributed by atoms with E-state index in [9.17, 15) is 0 Å². The normalized spacial score (nSPS) is 11.6. The molecule has 0 amide bonds. The lowest BCUT2D eigenvalue weighted by Gasteiger charge is -2.31. The molecule has 0 aliphatic carbocycles. The van der Waals surface area contributed by atoms with Gasteiger partial charge in [0.25, 0.3) is 0 Å². The van der Waals surface area contributed by atoms with Gasteiger partial charge in [0.15, 0.2) is 0 Å². The molecule has 102 valence electrons. The van der Waals surface area contributed by atoms with Crippen LogP contribution < -0.4 is 5.46 Å².